The largest absolute Gasteiger partial charge is 0.421 e. The summed E-state index contributed by atoms with van der Waals surface area (Å²) in [5, 5.41) is 4.40. The van der Waals surface area contributed by atoms with Gasteiger partial charge in [0.05, 0.1) is 16.1 Å². The number of nitrogens with one attached hydrogen (secondary N) is 4. The number of hydrogen-bond donors (Lipinski definition) is 4. The first kappa shape index (κ1) is 26.2. The zero-order valence-electron chi connectivity index (χ0n) is 19.1. The summed E-state index contributed by atoms with van der Waals surface area (Å²) in [6.45, 7) is 2.92. The average Bonchev–Trinajstić information content (AvgIpc) is 3.06. The highest BCUT2D eigenvalue weighted by Crippen LogP contribution is 2.46. The van der Waals surface area contributed by atoms with Crippen LogP contribution in [0.3, 0.4) is 0 Å². The zero-order valence-corrected chi connectivity index (χ0v) is 20.7. The molecular formula is C22H18F3N5O5S2. The van der Waals surface area contributed by atoms with E-state index in [2.05, 4.69) is 10.3 Å². The van der Waals surface area contributed by atoms with E-state index in [9.17, 15) is 36.0 Å². The standard InChI is InChI=1S/C22H18F3N5O5S2/c1-11-4-3-5-14(10-11)30-17-16(18(32)28-20(30)36)21(19(33)27-17,22(23,24)25)29-37(34,35)15-8-6-13(7-9-15)26-12(2)31/h3-10,29H,1-2H3,(H,26,31)(H,27,33)(H,28,32,36)/t21-/m0/s1. The molecule has 194 valence electrons. The summed E-state index contributed by atoms with van der Waals surface area (Å²) in [5.74, 6) is -2.91. The second-order valence-electron chi connectivity index (χ2n) is 8.17. The van der Waals surface area contributed by atoms with Gasteiger partial charge in [-0.3, -0.25) is 23.9 Å². The molecule has 15 heteroatoms. The Bertz CT molecular complexity index is 1660. The van der Waals surface area contributed by atoms with Crippen molar-refractivity contribution in [2.45, 2.75) is 30.5 Å². The van der Waals surface area contributed by atoms with Gasteiger partial charge in [0.2, 0.25) is 21.5 Å². The van der Waals surface area contributed by atoms with E-state index in [1.54, 1.807) is 25.1 Å². The van der Waals surface area contributed by atoms with Gasteiger partial charge in [-0.25, -0.2) is 8.42 Å². The van der Waals surface area contributed by atoms with E-state index in [0.29, 0.717) is 5.56 Å². The van der Waals surface area contributed by atoms with Crippen LogP contribution in [0.15, 0.2) is 58.2 Å². The number of aryl methyl sites for hydroxylation is 1. The number of carbonyl (C=O) groups is 2. The van der Waals surface area contributed by atoms with Crippen LogP contribution in [0.2, 0.25) is 0 Å². The molecule has 0 spiro atoms. The molecule has 3 aromatic rings. The molecule has 0 saturated heterocycles. The molecule has 1 atom stereocenters. The third-order valence-corrected chi connectivity index (χ3v) is 7.27. The number of aromatic nitrogens is 2. The molecule has 37 heavy (non-hydrogen) atoms. The number of H-pyrrole nitrogens is 1. The van der Waals surface area contributed by atoms with Crippen molar-refractivity contribution in [3.05, 3.63) is 74.8 Å². The lowest BCUT2D eigenvalue weighted by molar-refractivity contribution is -0.194. The number of anilines is 2. The lowest BCUT2D eigenvalue weighted by atomic mass is 9.93. The third-order valence-electron chi connectivity index (χ3n) is 5.52. The van der Waals surface area contributed by atoms with E-state index >= 15 is 0 Å². The van der Waals surface area contributed by atoms with Gasteiger partial charge in [0, 0.05) is 12.6 Å². The van der Waals surface area contributed by atoms with Crippen molar-refractivity contribution < 1.29 is 31.2 Å². The number of halogens is 3. The Labute approximate surface area is 212 Å². The van der Waals surface area contributed by atoms with E-state index in [-0.39, 0.29) is 16.1 Å². The van der Waals surface area contributed by atoms with Gasteiger partial charge in [0.1, 0.15) is 5.82 Å². The number of fused-ring (bicyclic) bond motifs is 1. The molecule has 4 N–H and O–H groups in total. The number of hydrogen-bond acceptors (Lipinski definition) is 6. The molecule has 1 aromatic heterocycles. The molecule has 0 aliphatic carbocycles. The normalized spacial score (nSPS) is 17.3. The second-order valence-corrected chi connectivity index (χ2v) is 10.2. The Morgan fingerprint density at radius 2 is 1.76 bits per heavy atom. The van der Waals surface area contributed by atoms with Crippen LogP contribution in [0.25, 0.3) is 5.69 Å². The fraction of sp³-hybridized carbons (Fsp3) is 0.182. The van der Waals surface area contributed by atoms with Gasteiger partial charge in [-0.15, -0.1) is 0 Å². The summed E-state index contributed by atoms with van der Waals surface area (Å²) in [5.41, 5.74) is -5.46. The fourth-order valence-electron chi connectivity index (χ4n) is 3.94. The van der Waals surface area contributed by atoms with Crippen LogP contribution in [0.4, 0.5) is 24.7 Å². The van der Waals surface area contributed by atoms with Crippen molar-refractivity contribution in [1.82, 2.24) is 14.3 Å². The predicted molar refractivity (Wildman–Crippen MR) is 129 cm³/mol. The third kappa shape index (κ3) is 4.45. The monoisotopic (exact) mass is 553 g/mol. The highest BCUT2D eigenvalue weighted by Gasteiger charge is 2.69. The summed E-state index contributed by atoms with van der Waals surface area (Å²) in [6, 6.07) is 10.5. The van der Waals surface area contributed by atoms with Crippen LogP contribution in [-0.2, 0) is 25.2 Å². The lowest BCUT2D eigenvalue weighted by Crippen LogP contribution is -2.61. The first-order chi connectivity index (χ1) is 17.2. The molecule has 2 aromatic carbocycles. The van der Waals surface area contributed by atoms with Gasteiger partial charge >= 0.3 is 6.18 Å². The highest BCUT2D eigenvalue weighted by molar-refractivity contribution is 7.89. The molecule has 10 nitrogen and oxygen atoms in total. The maximum Gasteiger partial charge on any atom is 0.421 e. The molecule has 0 saturated carbocycles. The van der Waals surface area contributed by atoms with Gasteiger partial charge < -0.3 is 10.6 Å². The van der Waals surface area contributed by atoms with Crippen LogP contribution in [0, 0.1) is 11.7 Å². The predicted octanol–water partition coefficient (Wildman–Crippen LogP) is 2.85. The minimum atomic E-state index is -5.59. The number of amides is 2. The van der Waals surface area contributed by atoms with Gasteiger partial charge in [-0.1, -0.05) is 12.1 Å². The van der Waals surface area contributed by atoms with Crippen LogP contribution in [0.5, 0.6) is 0 Å². The number of rotatable bonds is 5. The summed E-state index contributed by atoms with van der Waals surface area (Å²) in [6.07, 6.45) is -5.59. The van der Waals surface area contributed by atoms with Crippen LogP contribution in [0.1, 0.15) is 18.1 Å². The Kier molecular flexibility index (Phi) is 6.34. The smallest absolute Gasteiger partial charge is 0.326 e. The summed E-state index contributed by atoms with van der Waals surface area (Å²) in [4.78, 5) is 38.5. The molecule has 2 amide bonds. The molecule has 0 bridgehead atoms. The first-order valence-corrected chi connectivity index (χ1v) is 12.3. The maximum atomic E-state index is 14.7. The van der Waals surface area contributed by atoms with Crippen LogP contribution >= 0.6 is 12.2 Å². The number of carbonyl (C=O) groups excluding carboxylic acids is 2. The van der Waals surface area contributed by atoms with E-state index in [1.165, 1.54) is 17.7 Å². The SMILES string of the molecule is CC(=O)Nc1ccc(S(=O)(=O)N[C@]2(C(F)(F)F)C(=O)Nc3c2c(=O)[nH]c(=S)n3-c2cccc(C)c2)cc1. The molecule has 1 aliphatic rings. The topological polar surface area (TPSA) is 142 Å². The van der Waals surface area contributed by atoms with Crippen molar-refractivity contribution in [2.75, 3.05) is 10.6 Å². The number of aromatic amines is 1. The van der Waals surface area contributed by atoms with E-state index < -0.39 is 55.4 Å². The second kappa shape index (κ2) is 8.93. The Morgan fingerprint density at radius 1 is 1.11 bits per heavy atom. The van der Waals surface area contributed by atoms with Gasteiger partial charge in [-0.2, -0.15) is 17.9 Å². The molecule has 2 heterocycles. The molecule has 0 unspecified atom stereocenters. The van der Waals surface area contributed by atoms with Gasteiger partial charge in [0.25, 0.3) is 11.5 Å². The Hall–Kier alpha value is -3.82. The van der Waals surface area contributed by atoms with E-state index in [0.717, 1.165) is 28.8 Å². The van der Waals surface area contributed by atoms with Gasteiger partial charge in [-0.05, 0) is 61.1 Å². The fourth-order valence-corrected chi connectivity index (χ4v) is 5.55. The molecule has 1 aliphatic heterocycles. The van der Waals surface area contributed by atoms with Crippen molar-refractivity contribution in [2.24, 2.45) is 0 Å². The van der Waals surface area contributed by atoms with Crippen molar-refractivity contribution in [3.8, 4) is 5.69 Å². The highest BCUT2D eigenvalue weighted by atomic mass is 32.2. The van der Waals surface area contributed by atoms with E-state index in [1.807, 2.05) is 5.32 Å². The molecule has 4 rings (SSSR count). The summed E-state index contributed by atoms with van der Waals surface area (Å²) >= 11 is 5.15. The Balaban J connectivity index is 1.93. The Morgan fingerprint density at radius 3 is 2.32 bits per heavy atom. The lowest BCUT2D eigenvalue weighted by Gasteiger charge is -2.29. The first-order valence-electron chi connectivity index (χ1n) is 10.4. The van der Waals surface area contributed by atoms with E-state index in [4.69, 9.17) is 12.2 Å². The van der Waals surface area contributed by atoms with Gasteiger partial charge in [0.15, 0.2) is 4.77 Å². The van der Waals surface area contributed by atoms with Crippen molar-refractivity contribution in [1.29, 1.82) is 0 Å². The minimum Gasteiger partial charge on any atom is -0.326 e. The van der Waals surface area contributed by atoms with Crippen LogP contribution < -0.4 is 20.9 Å². The maximum absolute atomic E-state index is 14.7. The molecule has 0 fully saturated rings. The number of nitrogens with zero attached hydrogens (tertiary/aromatic N) is 1. The summed E-state index contributed by atoms with van der Waals surface area (Å²) < 4.78 is 72.3. The number of benzene rings is 2. The molecule has 0 radical (unpaired) electrons. The van der Waals surface area contributed by atoms with Crippen molar-refractivity contribution in [3.63, 3.8) is 0 Å². The van der Waals surface area contributed by atoms with Crippen LogP contribution in [-0.4, -0.2) is 36.0 Å². The quantitative estimate of drug-likeness (QED) is 0.358. The van der Waals surface area contributed by atoms with Crippen molar-refractivity contribution >= 4 is 45.6 Å². The zero-order chi connectivity index (χ0) is 27.3. The molecular weight excluding hydrogens is 535 g/mol. The average molecular weight is 554 g/mol. The number of alkyl halides is 3. The summed E-state index contributed by atoms with van der Waals surface area (Å²) in [7, 11) is -5.05. The minimum absolute atomic E-state index is 0.189. The number of sulfonamides is 1.